The molecule has 2 fully saturated rings. The molecule has 2 aliphatic rings. The van der Waals surface area contributed by atoms with Crippen molar-refractivity contribution in [2.45, 2.75) is 25.7 Å². The summed E-state index contributed by atoms with van der Waals surface area (Å²) in [4.78, 5) is 63.4. The number of amides is 3. The van der Waals surface area contributed by atoms with Gasteiger partial charge in [-0.1, -0.05) is 54.8 Å². The Morgan fingerprint density at radius 2 is 1.62 bits per heavy atom. The summed E-state index contributed by atoms with van der Waals surface area (Å²) in [7, 11) is 0. The van der Waals surface area contributed by atoms with Crippen LogP contribution >= 0.6 is 11.6 Å². The number of carbonyl (C=O) groups excluding carboxylic acids is 5. The van der Waals surface area contributed by atoms with Crippen LogP contribution in [0.4, 0.5) is 5.69 Å². The third kappa shape index (κ3) is 5.02. The third-order valence-corrected chi connectivity index (χ3v) is 6.36. The highest BCUT2D eigenvalue weighted by Gasteiger charge is 2.48. The number of halogens is 1. The number of nitrogens with zero attached hydrogens (tertiary/aromatic N) is 1. The van der Waals surface area contributed by atoms with Crippen molar-refractivity contribution >= 4 is 46.8 Å². The molecule has 3 amide bonds. The molecule has 0 spiro atoms. The molecule has 1 saturated heterocycles. The molecule has 1 aliphatic heterocycles. The molecule has 4 rings (SSSR count). The van der Waals surface area contributed by atoms with E-state index in [4.69, 9.17) is 16.3 Å². The quantitative estimate of drug-likeness (QED) is 0.368. The number of ether oxygens (including phenoxy) is 1. The summed E-state index contributed by atoms with van der Waals surface area (Å²) in [5, 5.41) is 2.88. The van der Waals surface area contributed by atoms with Crippen LogP contribution in [0.25, 0.3) is 0 Å². The van der Waals surface area contributed by atoms with E-state index in [9.17, 15) is 24.0 Å². The van der Waals surface area contributed by atoms with Gasteiger partial charge in [0, 0.05) is 16.1 Å². The fourth-order valence-electron chi connectivity index (χ4n) is 4.45. The van der Waals surface area contributed by atoms with Crippen LogP contribution in [0.2, 0.25) is 5.02 Å². The highest BCUT2D eigenvalue weighted by Crippen LogP contribution is 2.37. The van der Waals surface area contributed by atoms with Crippen molar-refractivity contribution in [3.8, 4) is 0 Å². The average Bonchev–Trinajstić information content (AvgIpc) is 3.09. The van der Waals surface area contributed by atoms with Gasteiger partial charge in [0.05, 0.1) is 17.5 Å². The van der Waals surface area contributed by atoms with E-state index < -0.39 is 25.0 Å². The first-order valence-electron chi connectivity index (χ1n) is 11.0. The molecule has 0 unspecified atom stereocenters. The van der Waals surface area contributed by atoms with Crippen molar-refractivity contribution in [1.29, 1.82) is 0 Å². The fraction of sp³-hybridized carbons (Fsp3) is 0.320. The molecule has 1 saturated carbocycles. The smallest absolute Gasteiger partial charge is 0.326 e. The minimum absolute atomic E-state index is 0.189. The Morgan fingerprint density at radius 1 is 0.971 bits per heavy atom. The summed E-state index contributed by atoms with van der Waals surface area (Å²) in [6, 6.07) is 13.0. The van der Waals surface area contributed by atoms with Gasteiger partial charge < -0.3 is 10.1 Å². The molecule has 2 aromatic carbocycles. The maximum absolute atomic E-state index is 12.9. The number of imide groups is 1. The molecule has 1 N–H and O–H groups in total. The van der Waals surface area contributed by atoms with Gasteiger partial charge >= 0.3 is 5.97 Å². The number of rotatable bonds is 7. The van der Waals surface area contributed by atoms with E-state index in [0.29, 0.717) is 23.4 Å². The second kappa shape index (κ2) is 10.2. The van der Waals surface area contributed by atoms with Crippen molar-refractivity contribution in [2.75, 3.05) is 18.5 Å². The molecule has 9 heteroatoms. The average molecular weight is 483 g/mol. The molecular weight excluding hydrogens is 460 g/mol. The van der Waals surface area contributed by atoms with Crippen molar-refractivity contribution in [2.24, 2.45) is 11.8 Å². The SMILES string of the molecule is O=C(COC(=O)CN1C(=O)[C@H]2CCCC[C@H]2C1=O)Nc1ccc(Cl)cc1C(=O)c1ccccc1. The second-order valence-electron chi connectivity index (χ2n) is 8.35. The number of esters is 1. The van der Waals surface area contributed by atoms with Crippen molar-refractivity contribution < 1.29 is 28.7 Å². The summed E-state index contributed by atoms with van der Waals surface area (Å²) in [6.45, 7) is -1.15. The number of likely N-dealkylation sites (tertiary alicyclic amines) is 1. The van der Waals surface area contributed by atoms with Gasteiger partial charge in [-0.2, -0.15) is 0 Å². The van der Waals surface area contributed by atoms with Gasteiger partial charge in [0.15, 0.2) is 12.4 Å². The maximum atomic E-state index is 12.9. The molecule has 2 atom stereocenters. The zero-order valence-corrected chi connectivity index (χ0v) is 19.0. The third-order valence-electron chi connectivity index (χ3n) is 6.12. The Labute approximate surface area is 201 Å². The number of ketones is 1. The number of anilines is 1. The number of hydrogen-bond donors (Lipinski definition) is 1. The van der Waals surface area contributed by atoms with Crippen molar-refractivity contribution in [3.05, 3.63) is 64.7 Å². The monoisotopic (exact) mass is 482 g/mol. The first kappa shape index (κ1) is 23.6. The summed E-state index contributed by atoms with van der Waals surface area (Å²) >= 11 is 6.04. The Hall–Kier alpha value is -3.52. The highest BCUT2D eigenvalue weighted by atomic mass is 35.5. The minimum atomic E-state index is -0.854. The van der Waals surface area contributed by atoms with Gasteiger partial charge in [-0.3, -0.25) is 28.9 Å². The maximum Gasteiger partial charge on any atom is 0.326 e. The van der Waals surface area contributed by atoms with Crippen LogP contribution in [-0.4, -0.2) is 47.5 Å². The number of nitrogens with one attached hydrogen (secondary N) is 1. The molecule has 34 heavy (non-hydrogen) atoms. The van der Waals surface area contributed by atoms with Gasteiger partial charge in [-0.05, 0) is 31.0 Å². The van der Waals surface area contributed by atoms with Gasteiger partial charge in [-0.25, -0.2) is 0 Å². The first-order chi connectivity index (χ1) is 16.3. The number of hydrogen-bond acceptors (Lipinski definition) is 6. The van der Waals surface area contributed by atoms with Gasteiger partial charge in [0.25, 0.3) is 5.91 Å². The van der Waals surface area contributed by atoms with Gasteiger partial charge in [0.2, 0.25) is 11.8 Å². The predicted octanol–water partition coefficient (Wildman–Crippen LogP) is 3.23. The standard InChI is InChI=1S/C25H23ClN2O6/c26-16-10-11-20(19(12-16)23(31)15-6-2-1-3-7-15)27-21(29)14-34-22(30)13-28-24(32)17-8-4-5-9-18(17)25(28)33/h1-3,6-7,10-12,17-18H,4-5,8-9,13-14H2,(H,27,29)/t17-,18+. The minimum Gasteiger partial charge on any atom is -0.454 e. The van der Waals surface area contributed by atoms with Crippen LogP contribution in [0.1, 0.15) is 41.6 Å². The number of benzene rings is 2. The van der Waals surface area contributed by atoms with E-state index in [2.05, 4.69) is 5.32 Å². The van der Waals surface area contributed by atoms with Crippen LogP contribution < -0.4 is 5.32 Å². The fourth-order valence-corrected chi connectivity index (χ4v) is 4.62. The zero-order valence-electron chi connectivity index (χ0n) is 18.3. The summed E-state index contributed by atoms with van der Waals surface area (Å²) in [5.41, 5.74) is 0.828. The molecule has 1 heterocycles. The van der Waals surface area contributed by atoms with E-state index >= 15 is 0 Å². The van der Waals surface area contributed by atoms with E-state index in [1.807, 2.05) is 0 Å². The number of carbonyl (C=O) groups is 5. The lowest BCUT2D eigenvalue weighted by atomic mass is 9.81. The normalized spacial score (nSPS) is 19.5. The second-order valence-corrected chi connectivity index (χ2v) is 8.79. The van der Waals surface area contributed by atoms with Crippen LogP contribution in [0.5, 0.6) is 0 Å². The zero-order chi connectivity index (χ0) is 24.2. The predicted molar refractivity (Wildman–Crippen MR) is 123 cm³/mol. The first-order valence-corrected chi connectivity index (χ1v) is 11.4. The largest absolute Gasteiger partial charge is 0.454 e. The Kier molecular flexibility index (Phi) is 7.07. The van der Waals surface area contributed by atoms with Crippen molar-refractivity contribution in [3.63, 3.8) is 0 Å². The lowest BCUT2D eigenvalue weighted by molar-refractivity contribution is -0.154. The molecule has 176 valence electrons. The van der Waals surface area contributed by atoms with E-state index in [1.54, 1.807) is 30.3 Å². The molecule has 8 nitrogen and oxygen atoms in total. The van der Waals surface area contributed by atoms with Gasteiger partial charge in [0.1, 0.15) is 6.54 Å². The van der Waals surface area contributed by atoms with Crippen molar-refractivity contribution in [1.82, 2.24) is 4.90 Å². The summed E-state index contributed by atoms with van der Waals surface area (Å²) in [6.07, 6.45) is 3.07. The van der Waals surface area contributed by atoms with E-state index in [0.717, 1.165) is 17.7 Å². The van der Waals surface area contributed by atoms with E-state index in [-0.39, 0.29) is 40.7 Å². The Morgan fingerprint density at radius 3 is 2.26 bits per heavy atom. The Bertz CT molecular complexity index is 1130. The summed E-state index contributed by atoms with van der Waals surface area (Å²) < 4.78 is 4.99. The van der Waals surface area contributed by atoms with E-state index in [1.165, 1.54) is 18.2 Å². The molecule has 1 aliphatic carbocycles. The van der Waals surface area contributed by atoms with Crippen LogP contribution in [-0.2, 0) is 23.9 Å². The number of fused-ring (bicyclic) bond motifs is 1. The lowest BCUT2D eigenvalue weighted by Crippen LogP contribution is -2.37. The molecule has 2 aromatic rings. The molecule has 0 aromatic heterocycles. The highest BCUT2D eigenvalue weighted by molar-refractivity contribution is 6.31. The van der Waals surface area contributed by atoms with Crippen LogP contribution in [0, 0.1) is 11.8 Å². The molecule has 0 bridgehead atoms. The lowest BCUT2D eigenvalue weighted by Gasteiger charge is -2.19. The van der Waals surface area contributed by atoms with Gasteiger partial charge in [-0.15, -0.1) is 0 Å². The topological polar surface area (TPSA) is 110 Å². The molecule has 0 radical (unpaired) electrons. The van der Waals surface area contributed by atoms with Crippen LogP contribution in [0.3, 0.4) is 0 Å². The summed E-state index contributed by atoms with van der Waals surface area (Å²) in [5.74, 6) is -3.27. The Balaban J connectivity index is 1.35. The van der Waals surface area contributed by atoms with Crippen LogP contribution in [0.15, 0.2) is 48.5 Å². The molecular formula is C25H23ClN2O6.